The molecule has 0 saturated carbocycles. The van der Waals surface area contributed by atoms with Crippen molar-refractivity contribution in [3.63, 3.8) is 0 Å². The first-order chi connectivity index (χ1) is 10.1. The van der Waals surface area contributed by atoms with Crippen molar-refractivity contribution >= 4 is 17.7 Å². The highest BCUT2D eigenvalue weighted by atomic mass is 32.2. The van der Waals surface area contributed by atoms with Crippen LogP contribution >= 0.6 is 11.8 Å². The van der Waals surface area contributed by atoms with E-state index in [1.807, 2.05) is 37.4 Å². The molecule has 2 rings (SSSR count). The van der Waals surface area contributed by atoms with Gasteiger partial charge in [-0.15, -0.1) is 11.8 Å². The van der Waals surface area contributed by atoms with Crippen molar-refractivity contribution in [3.8, 4) is 0 Å². The number of aryl methyl sites for hydroxylation is 1. The van der Waals surface area contributed by atoms with E-state index >= 15 is 0 Å². The summed E-state index contributed by atoms with van der Waals surface area (Å²) >= 11 is 1.65. The third kappa shape index (κ3) is 3.39. The van der Waals surface area contributed by atoms with Gasteiger partial charge in [0, 0.05) is 22.1 Å². The molecule has 0 aliphatic rings. The van der Waals surface area contributed by atoms with E-state index in [0.29, 0.717) is 5.56 Å². The van der Waals surface area contributed by atoms with E-state index in [9.17, 15) is 9.59 Å². The van der Waals surface area contributed by atoms with Gasteiger partial charge in [-0.25, -0.2) is 0 Å². The van der Waals surface area contributed by atoms with Crippen LogP contribution in [-0.4, -0.2) is 29.5 Å². The number of thioether (sulfide) groups is 1. The number of ether oxygens (including phenoxy) is 1. The lowest BCUT2D eigenvalue weighted by Gasteiger charge is -2.15. The van der Waals surface area contributed by atoms with E-state index in [4.69, 9.17) is 4.74 Å². The molecule has 0 amide bonds. The Labute approximate surface area is 127 Å². The van der Waals surface area contributed by atoms with Crippen molar-refractivity contribution in [3.05, 3.63) is 51.4 Å². The number of H-pyrrole nitrogens is 2. The molecule has 5 nitrogen and oxygen atoms in total. The lowest BCUT2D eigenvalue weighted by Crippen LogP contribution is -2.17. The normalized spacial score (nSPS) is 12.1. The van der Waals surface area contributed by atoms with E-state index < -0.39 is 0 Å². The number of rotatable bonds is 5. The van der Waals surface area contributed by atoms with Crippen LogP contribution in [-0.2, 0) is 9.53 Å². The molecule has 2 N–H and O–H groups in total. The van der Waals surface area contributed by atoms with Crippen LogP contribution in [0.25, 0.3) is 0 Å². The van der Waals surface area contributed by atoms with Crippen LogP contribution in [0.15, 0.2) is 34.0 Å². The van der Waals surface area contributed by atoms with E-state index in [1.165, 1.54) is 7.11 Å². The van der Waals surface area contributed by atoms with E-state index in [-0.39, 0.29) is 23.9 Å². The highest BCUT2D eigenvalue weighted by Gasteiger charge is 2.24. The minimum Gasteiger partial charge on any atom is -0.469 e. The minimum absolute atomic E-state index is 0.136. The zero-order valence-corrected chi connectivity index (χ0v) is 13.0. The summed E-state index contributed by atoms with van der Waals surface area (Å²) in [6, 6.07) is 7.87. The number of hydrogen-bond acceptors (Lipinski definition) is 4. The molecule has 2 aromatic rings. The number of carbonyl (C=O) groups excluding carboxylic acids is 1. The third-order valence-corrected chi connectivity index (χ3v) is 4.22. The molecule has 0 aliphatic heterocycles. The average Bonchev–Trinajstić information content (AvgIpc) is 2.84. The fraction of sp³-hybridized carbons (Fsp3) is 0.333. The maximum absolute atomic E-state index is 12.0. The number of aromatic amines is 2. The van der Waals surface area contributed by atoms with Gasteiger partial charge in [-0.05, 0) is 30.9 Å². The van der Waals surface area contributed by atoms with Crippen molar-refractivity contribution in [1.82, 2.24) is 10.2 Å². The quantitative estimate of drug-likeness (QED) is 0.657. The second-order valence-electron chi connectivity index (χ2n) is 4.72. The molecule has 1 aromatic carbocycles. The zero-order chi connectivity index (χ0) is 15.4. The van der Waals surface area contributed by atoms with E-state index in [2.05, 4.69) is 10.2 Å². The lowest BCUT2D eigenvalue weighted by molar-refractivity contribution is -0.140. The van der Waals surface area contributed by atoms with E-state index in [1.54, 1.807) is 11.8 Å². The number of esters is 1. The van der Waals surface area contributed by atoms with E-state index in [0.717, 1.165) is 16.2 Å². The number of methoxy groups -OCH3 is 1. The molecule has 0 bridgehead atoms. The third-order valence-electron chi connectivity index (χ3n) is 3.48. The van der Waals surface area contributed by atoms with Crippen LogP contribution in [0.4, 0.5) is 0 Å². The molecule has 112 valence electrons. The Hall–Kier alpha value is -1.95. The molecule has 0 saturated heterocycles. The van der Waals surface area contributed by atoms with Gasteiger partial charge >= 0.3 is 5.97 Å². The van der Waals surface area contributed by atoms with Crippen LogP contribution in [0.3, 0.4) is 0 Å². The molecule has 0 spiro atoms. The van der Waals surface area contributed by atoms with Gasteiger partial charge in [0.15, 0.2) is 0 Å². The van der Waals surface area contributed by atoms with Crippen LogP contribution in [0.1, 0.15) is 29.2 Å². The van der Waals surface area contributed by atoms with Gasteiger partial charge in [-0.3, -0.25) is 14.7 Å². The summed E-state index contributed by atoms with van der Waals surface area (Å²) in [5.74, 6) is -0.655. The number of hydrogen-bond donors (Lipinski definition) is 2. The van der Waals surface area contributed by atoms with Crippen molar-refractivity contribution in [2.45, 2.75) is 24.2 Å². The standard InChI is InChI=1S/C15H18N2O3S/c1-9-14(15(19)17-16-9)12(8-13(18)20-2)10-4-6-11(21-3)7-5-10/h4-7,12H,8H2,1-3H3,(H2,16,17,19)/t12-/m1/s1. The second kappa shape index (κ2) is 6.67. The van der Waals surface area contributed by atoms with Crippen LogP contribution in [0.5, 0.6) is 0 Å². The summed E-state index contributed by atoms with van der Waals surface area (Å²) in [5, 5.41) is 5.37. The molecule has 0 fully saturated rings. The predicted octanol–water partition coefficient (Wildman–Crippen LogP) is 2.43. The maximum Gasteiger partial charge on any atom is 0.306 e. The van der Waals surface area contributed by atoms with Gasteiger partial charge in [0.25, 0.3) is 5.56 Å². The van der Waals surface area contributed by atoms with Crippen LogP contribution < -0.4 is 5.56 Å². The summed E-state index contributed by atoms with van der Waals surface area (Å²) in [7, 11) is 1.35. The summed E-state index contributed by atoms with van der Waals surface area (Å²) in [4.78, 5) is 24.8. The van der Waals surface area contributed by atoms with Gasteiger partial charge in [0.1, 0.15) is 0 Å². The van der Waals surface area contributed by atoms with Gasteiger partial charge in [-0.2, -0.15) is 0 Å². The topological polar surface area (TPSA) is 75.0 Å². The highest BCUT2D eigenvalue weighted by Crippen LogP contribution is 2.29. The molecular formula is C15H18N2O3S. The Kier molecular flexibility index (Phi) is 4.90. The first-order valence-electron chi connectivity index (χ1n) is 6.54. The number of aromatic nitrogens is 2. The Morgan fingerprint density at radius 2 is 1.95 bits per heavy atom. The Morgan fingerprint density at radius 3 is 2.43 bits per heavy atom. The minimum atomic E-state index is -0.339. The largest absolute Gasteiger partial charge is 0.469 e. The molecule has 1 aromatic heterocycles. The van der Waals surface area contributed by atoms with Crippen molar-refractivity contribution < 1.29 is 9.53 Å². The van der Waals surface area contributed by atoms with Crippen molar-refractivity contribution in [2.24, 2.45) is 0 Å². The fourth-order valence-corrected chi connectivity index (χ4v) is 2.76. The zero-order valence-electron chi connectivity index (χ0n) is 12.2. The summed E-state index contributed by atoms with van der Waals surface area (Å²) in [5.41, 5.74) is 2.04. The summed E-state index contributed by atoms with van der Waals surface area (Å²) in [6.45, 7) is 1.81. The van der Waals surface area contributed by atoms with Crippen LogP contribution in [0.2, 0.25) is 0 Å². The molecule has 0 aliphatic carbocycles. The molecule has 6 heteroatoms. The highest BCUT2D eigenvalue weighted by molar-refractivity contribution is 7.98. The molecule has 0 unspecified atom stereocenters. The molecular weight excluding hydrogens is 288 g/mol. The smallest absolute Gasteiger partial charge is 0.306 e. The van der Waals surface area contributed by atoms with Gasteiger partial charge < -0.3 is 9.84 Å². The monoisotopic (exact) mass is 306 g/mol. The first kappa shape index (κ1) is 15.4. The van der Waals surface area contributed by atoms with Gasteiger partial charge in [0.05, 0.1) is 13.5 Å². The Balaban J connectivity index is 2.45. The Bertz CT molecular complexity index is 673. The Morgan fingerprint density at radius 1 is 1.29 bits per heavy atom. The number of nitrogens with one attached hydrogen (secondary N) is 2. The summed E-state index contributed by atoms with van der Waals surface area (Å²) in [6.07, 6.45) is 2.14. The lowest BCUT2D eigenvalue weighted by atomic mass is 9.89. The molecule has 21 heavy (non-hydrogen) atoms. The summed E-state index contributed by atoms with van der Waals surface area (Å²) < 4.78 is 4.76. The number of carbonyl (C=O) groups is 1. The van der Waals surface area contributed by atoms with Gasteiger partial charge in [0.2, 0.25) is 0 Å². The van der Waals surface area contributed by atoms with Gasteiger partial charge in [-0.1, -0.05) is 12.1 Å². The molecule has 1 heterocycles. The first-order valence-corrected chi connectivity index (χ1v) is 7.77. The predicted molar refractivity (Wildman–Crippen MR) is 82.8 cm³/mol. The van der Waals surface area contributed by atoms with Crippen LogP contribution in [0, 0.1) is 6.92 Å². The maximum atomic E-state index is 12.0. The average molecular weight is 306 g/mol. The SMILES string of the molecule is COC(=O)C[C@H](c1ccc(SC)cc1)c1c(C)[nH][nH]c1=O. The number of benzene rings is 1. The second-order valence-corrected chi connectivity index (χ2v) is 5.60. The molecule has 1 atom stereocenters. The molecule has 0 radical (unpaired) electrons. The van der Waals surface area contributed by atoms with Crippen molar-refractivity contribution in [2.75, 3.05) is 13.4 Å². The van der Waals surface area contributed by atoms with Crippen molar-refractivity contribution in [1.29, 1.82) is 0 Å². The fourth-order valence-electron chi connectivity index (χ4n) is 2.35.